The number of nitrogens with one attached hydrogen (secondary N) is 1. The fraction of sp³-hybridized carbons (Fsp3) is 0.455. The summed E-state index contributed by atoms with van der Waals surface area (Å²) in [6, 6.07) is 0.210. The van der Waals surface area contributed by atoms with Gasteiger partial charge in [0.1, 0.15) is 11.1 Å². The molecule has 0 spiro atoms. The number of pyridine rings is 1. The number of nitrogens with zero attached hydrogens (tertiary/aromatic N) is 1. The second-order valence-corrected chi connectivity index (χ2v) is 6.84. The van der Waals surface area contributed by atoms with Crippen LogP contribution in [0.3, 0.4) is 0 Å². The number of primary amides is 1. The molecule has 1 saturated heterocycles. The Hall–Kier alpha value is -1.38. The molecule has 1 aromatic rings. The summed E-state index contributed by atoms with van der Waals surface area (Å²) < 4.78 is 26.1. The lowest BCUT2D eigenvalue weighted by molar-refractivity contribution is -0.122. The molecule has 0 aromatic carbocycles. The molecule has 1 aromatic heterocycles. The van der Waals surface area contributed by atoms with E-state index in [0.717, 1.165) is 23.0 Å². The molecule has 1 atom stereocenters. The van der Waals surface area contributed by atoms with Crippen molar-refractivity contribution in [3.8, 4) is 0 Å². The maximum atomic E-state index is 12.5. The molecule has 0 aliphatic carbocycles. The van der Waals surface area contributed by atoms with E-state index in [2.05, 4.69) is 4.98 Å². The number of H-pyrrole nitrogens is 1. The van der Waals surface area contributed by atoms with Crippen molar-refractivity contribution in [1.82, 2.24) is 9.29 Å². The first-order chi connectivity index (χ1) is 9.34. The molecular weight excluding hydrogens is 306 g/mol. The Bertz CT molecular complexity index is 685. The molecule has 1 unspecified atom stereocenters. The number of rotatable bonds is 3. The topological polar surface area (TPSA) is 113 Å². The molecule has 1 aliphatic heterocycles. The molecular formula is C11H14ClN3O4S. The van der Waals surface area contributed by atoms with Gasteiger partial charge in [0.15, 0.2) is 0 Å². The van der Waals surface area contributed by atoms with Gasteiger partial charge in [-0.2, -0.15) is 4.31 Å². The lowest BCUT2D eigenvalue weighted by Gasteiger charge is -2.32. The summed E-state index contributed by atoms with van der Waals surface area (Å²) in [7, 11) is -3.92. The van der Waals surface area contributed by atoms with E-state index < -0.39 is 27.5 Å². The van der Waals surface area contributed by atoms with Crippen LogP contribution in [0.1, 0.15) is 19.3 Å². The minimum atomic E-state index is -3.92. The number of halogens is 1. The Balaban J connectivity index is 2.44. The fourth-order valence-electron chi connectivity index (χ4n) is 2.20. The molecule has 20 heavy (non-hydrogen) atoms. The van der Waals surface area contributed by atoms with E-state index in [1.54, 1.807) is 0 Å². The monoisotopic (exact) mass is 319 g/mol. The van der Waals surface area contributed by atoms with Gasteiger partial charge in [0.25, 0.3) is 5.56 Å². The SMILES string of the molecule is NC(=O)C1CCCCN1S(=O)(=O)c1c[nH]c(=O)c(Cl)c1. The van der Waals surface area contributed by atoms with Gasteiger partial charge >= 0.3 is 0 Å². The standard InChI is InChI=1S/C11H14ClN3O4S/c12-8-5-7(6-14-11(8)17)20(18,19)15-4-2-1-3-9(15)10(13)16/h5-6,9H,1-4H2,(H2,13,16)(H,14,17). The Morgan fingerprint density at radius 1 is 1.45 bits per heavy atom. The summed E-state index contributed by atoms with van der Waals surface area (Å²) in [5, 5.41) is -0.223. The highest BCUT2D eigenvalue weighted by Gasteiger charge is 2.36. The minimum absolute atomic E-state index is 0.157. The van der Waals surface area contributed by atoms with Crippen molar-refractivity contribution < 1.29 is 13.2 Å². The first-order valence-corrected chi connectivity index (χ1v) is 7.85. The van der Waals surface area contributed by atoms with Crippen LogP contribution < -0.4 is 11.3 Å². The smallest absolute Gasteiger partial charge is 0.266 e. The summed E-state index contributed by atoms with van der Waals surface area (Å²) in [5.41, 5.74) is 4.68. The Morgan fingerprint density at radius 2 is 2.15 bits per heavy atom. The van der Waals surface area contributed by atoms with Gasteiger partial charge in [0.05, 0.1) is 4.90 Å². The van der Waals surface area contributed by atoms with Crippen molar-refractivity contribution >= 4 is 27.5 Å². The van der Waals surface area contributed by atoms with Crippen molar-refractivity contribution in [1.29, 1.82) is 0 Å². The number of aromatic amines is 1. The van der Waals surface area contributed by atoms with Crippen LogP contribution in [-0.4, -0.2) is 36.2 Å². The summed E-state index contributed by atoms with van der Waals surface area (Å²) in [5.74, 6) is -0.677. The number of carbonyl (C=O) groups is 1. The number of hydrogen-bond acceptors (Lipinski definition) is 4. The zero-order valence-electron chi connectivity index (χ0n) is 10.5. The van der Waals surface area contributed by atoms with Crippen LogP contribution in [0.2, 0.25) is 5.02 Å². The quantitative estimate of drug-likeness (QED) is 0.819. The molecule has 1 aliphatic rings. The summed E-state index contributed by atoms with van der Waals surface area (Å²) in [4.78, 5) is 24.7. The molecule has 1 fully saturated rings. The van der Waals surface area contributed by atoms with Crippen LogP contribution in [0, 0.1) is 0 Å². The third-order valence-corrected chi connectivity index (χ3v) is 5.39. The third kappa shape index (κ3) is 2.72. The van der Waals surface area contributed by atoms with Crippen molar-refractivity contribution in [2.24, 2.45) is 5.73 Å². The van der Waals surface area contributed by atoms with E-state index in [0.29, 0.717) is 12.8 Å². The Labute approximate surface area is 120 Å². The fourth-order valence-corrected chi connectivity index (χ4v) is 4.10. The van der Waals surface area contributed by atoms with Gasteiger partial charge in [-0.05, 0) is 18.9 Å². The van der Waals surface area contributed by atoms with Crippen LogP contribution in [0.5, 0.6) is 0 Å². The van der Waals surface area contributed by atoms with E-state index in [1.165, 1.54) is 0 Å². The highest BCUT2D eigenvalue weighted by molar-refractivity contribution is 7.89. The van der Waals surface area contributed by atoms with Crippen LogP contribution in [0.15, 0.2) is 22.0 Å². The number of hydrogen-bond donors (Lipinski definition) is 2. The summed E-state index contributed by atoms with van der Waals surface area (Å²) in [6.45, 7) is 0.215. The predicted molar refractivity (Wildman–Crippen MR) is 72.8 cm³/mol. The molecule has 2 heterocycles. The molecule has 0 saturated carbocycles. The van der Waals surface area contributed by atoms with Gasteiger partial charge in [-0.15, -0.1) is 0 Å². The molecule has 9 heteroatoms. The highest BCUT2D eigenvalue weighted by Crippen LogP contribution is 2.25. The van der Waals surface area contributed by atoms with Crippen molar-refractivity contribution in [2.75, 3.05) is 6.54 Å². The summed E-state index contributed by atoms with van der Waals surface area (Å²) >= 11 is 5.64. The van der Waals surface area contributed by atoms with Crippen molar-refractivity contribution in [3.05, 3.63) is 27.6 Å². The van der Waals surface area contributed by atoms with Gasteiger partial charge in [0.2, 0.25) is 15.9 Å². The number of nitrogens with two attached hydrogens (primary N) is 1. The van der Waals surface area contributed by atoms with Gasteiger partial charge in [0, 0.05) is 12.7 Å². The van der Waals surface area contributed by atoms with E-state index in [9.17, 15) is 18.0 Å². The number of aromatic nitrogens is 1. The third-order valence-electron chi connectivity index (χ3n) is 3.22. The molecule has 1 amide bonds. The van der Waals surface area contributed by atoms with Crippen molar-refractivity contribution in [2.45, 2.75) is 30.2 Å². The molecule has 3 N–H and O–H groups in total. The molecule has 110 valence electrons. The number of sulfonamides is 1. The van der Waals surface area contributed by atoms with Crippen LogP contribution in [0.4, 0.5) is 0 Å². The minimum Gasteiger partial charge on any atom is -0.368 e. The average molecular weight is 320 g/mol. The van der Waals surface area contributed by atoms with E-state index in [4.69, 9.17) is 17.3 Å². The molecule has 0 radical (unpaired) electrons. The lowest BCUT2D eigenvalue weighted by Crippen LogP contribution is -2.50. The van der Waals surface area contributed by atoms with Crippen molar-refractivity contribution in [3.63, 3.8) is 0 Å². The molecule has 2 rings (SSSR count). The van der Waals surface area contributed by atoms with Gasteiger partial charge in [-0.3, -0.25) is 9.59 Å². The van der Waals surface area contributed by atoms with Crippen LogP contribution in [-0.2, 0) is 14.8 Å². The second kappa shape index (κ2) is 5.55. The maximum Gasteiger partial charge on any atom is 0.266 e. The lowest BCUT2D eigenvalue weighted by atomic mass is 10.0. The second-order valence-electron chi connectivity index (χ2n) is 4.54. The highest BCUT2D eigenvalue weighted by atomic mass is 35.5. The van der Waals surface area contributed by atoms with E-state index in [-0.39, 0.29) is 16.5 Å². The van der Waals surface area contributed by atoms with Gasteiger partial charge in [-0.25, -0.2) is 8.42 Å². The average Bonchev–Trinajstić information content (AvgIpc) is 2.41. The Morgan fingerprint density at radius 3 is 2.75 bits per heavy atom. The van der Waals surface area contributed by atoms with E-state index in [1.807, 2.05) is 0 Å². The normalized spacial score (nSPS) is 20.8. The number of amides is 1. The largest absolute Gasteiger partial charge is 0.368 e. The Kier molecular flexibility index (Phi) is 4.17. The zero-order valence-corrected chi connectivity index (χ0v) is 12.1. The maximum absolute atomic E-state index is 12.5. The zero-order chi connectivity index (χ0) is 14.9. The molecule has 0 bridgehead atoms. The van der Waals surface area contributed by atoms with Crippen LogP contribution >= 0.6 is 11.6 Å². The van der Waals surface area contributed by atoms with Gasteiger partial charge < -0.3 is 10.7 Å². The molecule has 7 nitrogen and oxygen atoms in total. The predicted octanol–water partition coefficient (Wildman–Crippen LogP) is 0.0568. The van der Waals surface area contributed by atoms with Crippen LogP contribution in [0.25, 0.3) is 0 Å². The number of carbonyl (C=O) groups excluding carboxylic acids is 1. The summed E-state index contributed by atoms with van der Waals surface area (Å²) in [6.07, 6.45) is 2.86. The van der Waals surface area contributed by atoms with Gasteiger partial charge in [-0.1, -0.05) is 18.0 Å². The number of piperidine rings is 1. The first kappa shape index (κ1) is 15.0. The first-order valence-electron chi connectivity index (χ1n) is 6.03. The van der Waals surface area contributed by atoms with E-state index >= 15 is 0 Å².